The van der Waals surface area contributed by atoms with Crippen LogP contribution in [-0.4, -0.2) is 24.5 Å². The molecule has 0 aliphatic carbocycles. The summed E-state index contributed by atoms with van der Waals surface area (Å²) in [6.07, 6.45) is 1.26. The number of methoxy groups -OCH3 is 1. The number of nitrogens with one attached hydrogen (secondary N) is 1. The van der Waals surface area contributed by atoms with Gasteiger partial charge in [0, 0.05) is 11.3 Å². The van der Waals surface area contributed by atoms with Gasteiger partial charge in [0.25, 0.3) is 5.91 Å². The molecule has 0 radical (unpaired) electrons. The molecule has 3 N–H and O–H groups in total. The third-order valence-corrected chi connectivity index (χ3v) is 3.28. The van der Waals surface area contributed by atoms with Crippen molar-refractivity contribution < 1.29 is 14.3 Å². The normalized spacial score (nSPS) is 13.4. The quantitative estimate of drug-likeness (QED) is 0.638. The van der Waals surface area contributed by atoms with E-state index in [0.717, 1.165) is 12.0 Å². The number of carbonyl (C=O) groups excluding carboxylic acids is 2. The smallest absolute Gasteiger partial charge is 0.331 e. The number of rotatable bonds is 5. The van der Waals surface area contributed by atoms with Crippen molar-refractivity contribution in [3.8, 4) is 0 Å². The molecule has 1 unspecified atom stereocenters. The van der Waals surface area contributed by atoms with Gasteiger partial charge < -0.3 is 15.8 Å². The summed E-state index contributed by atoms with van der Waals surface area (Å²) >= 11 is 0. The molecule has 0 heterocycles. The number of nitrogens with two attached hydrogens (primary N) is 1. The average Bonchev–Trinajstić information content (AvgIpc) is 2.40. The first-order valence-corrected chi connectivity index (χ1v) is 6.61. The number of aryl methyl sites for hydroxylation is 1. The molecule has 1 amide bonds. The summed E-state index contributed by atoms with van der Waals surface area (Å²) in [5.74, 6) is -0.773. The minimum absolute atomic E-state index is 0.323. The predicted molar refractivity (Wildman–Crippen MR) is 78.4 cm³/mol. The Kier molecular flexibility index (Phi) is 5.13. The number of hydrogen-bond donors (Lipinski definition) is 2. The Morgan fingerprint density at radius 1 is 1.40 bits per heavy atom. The predicted octanol–water partition coefficient (Wildman–Crippen LogP) is 2.04. The van der Waals surface area contributed by atoms with Crippen LogP contribution >= 0.6 is 0 Å². The minimum atomic E-state index is -1.03. The van der Waals surface area contributed by atoms with Crippen molar-refractivity contribution in [2.75, 3.05) is 12.8 Å². The molecule has 0 fully saturated rings. The van der Waals surface area contributed by atoms with E-state index in [2.05, 4.69) is 5.32 Å². The second-order valence-electron chi connectivity index (χ2n) is 5.10. The molecular weight excluding hydrogens is 256 g/mol. The topological polar surface area (TPSA) is 81.4 Å². The number of esters is 1. The maximum atomic E-state index is 12.4. The van der Waals surface area contributed by atoms with Crippen LogP contribution in [-0.2, 0) is 9.53 Å². The number of nitrogen functional groups attached to an aromatic ring is 1. The van der Waals surface area contributed by atoms with Gasteiger partial charge in [-0.1, -0.05) is 19.4 Å². The highest BCUT2D eigenvalue weighted by Crippen LogP contribution is 2.18. The fraction of sp³-hybridized carbons (Fsp3) is 0.467. The summed E-state index contributed by atoms with van der Waals surface area (Å²) in [7, 11) is 1.31. The Morgan fingerprint density at radius 2 is 2.05 bits per heavy atom. The van der Waals surface area contributed by atoms with Crippen molar-refractivity contribution in [2.24, 2.45) is 0 Å². The van der Waals surface area contributed by atoms with Gasteiger partial charge in [-0.15, -0.1) is 0 Å². The molecule has 0 aromatic heterocycles. The SMILES string of the molecule is CCCC(C)(NC(=O)c1cc(N)ccc1C)C(=O)OC. The van der Waals surface area contributed by atoms with Gasteiger partial charge in [-0.2, -0.15) is 0 Å². The molecule has 5 nitrogen and oxygen atoms in total. The molecule has 1 rings (SSSR count). The van der Waals surface area contributed by atoms with Crippen LogP contribution in [0.4, 0.5) is 5.69 Å². The molecule has 20 heavy (non-hydrogen) atoms. The maximum absolute atomic E-state index is 12.4. The van der Waals surface area contributed by atoms with E-state index >= 15 is 0 Å². The third kappa shape index (κ3) is 3.50. The first-order valence-electron chi connectivity index (χ1n) is 6.61. The summed E-state index contributed by atoms with van der Waals surface area (Å²) in [4.78, 5) is 24.2. The van der Waals surface area contributed by atoms with Gasteiger partial charge in [0.1, 0.15) is 5.54 Å². The van der Waals surface area contributed by atoms with Crippen LogP contribution in [0.5, 0.6) is 0 Å². The number of anilines is 1. The zero-order valence-electron chi connectivity index (χ0n) is 12.4. The summed E-state index contributed by atoms with van der Waals surface area (Å²) in [5, 5.41) is 2.76. The van der Waals surface area contributed by atoms with E-state index in [0.29, 0.717) is 17.7 Å². The lowest BCUT2D eigenvalue weighted by Crippen LogP contribution is -2.52. The van der Waals surface area contributed by atoms with Gasteiger partial charge in [0.05, 0.1) is 7.11 Å². The second kappa shape index (κ2) is 6.41. The van der Waals surface area contributed by atoms with E-state index in [1.807, 2.05) is 13.8 Å². The van der Waals surface area contributed by atoms with E-state index in [-0.39, 0.29) is 5.91 Å². The lowest BCUT2D eigenvalue weighted by molar-refractivity contribution is -0.147. The number of ether oxygens (including phenoxy) is 1. The third-order valence-electron chi connectivity index (χ3n) is 3.28. The number of hydrogen-bond acceptors (Lipinski definition) is 4. The molecule has 0 aliphatic heterocycles. The number of carbonyl (C=O) groups is 2. The Bertz CT molecular complexity index is 514. The molecule has 0 bridgehead atoms. The standard InChI is InChI=1S/C15H22N2O3/c1-5-8-15(3,14(19)20-4)17-13(18)12-9-11(16)7-6-10(12)2/h6-7,9H,5,8,16H2,1-4H3,(H,17,18). The Labute approximate surface area is 119 Å². The highest BCUT2D eigenvalue weighted by atomic mass is 16.5. The lowest BCUT2D eigenvalue weighted by Gasteiger charge is -2.27. The van der Waals surface area contributed by atoms with Gasteiger partial charge in [-0.05, 0) is 38.0 Å². The van der Waals surface area contributed by atoms with Crippen molar-refractivity contribution in [1.82, 2.24) is 5.32 Å². The van der Waals surface area contributed by atoms with E-state index in [4.69, 9.17) is 10.5 Å². The monoisotopic (exact) mass is 278 g/mol. The molecule has 5 heteroatoms. The molecule has 0 saturated carbocycles. The summed E-state index contributed by atoms with van der Waals surface area (Å²) in [6.45, 7) is 5.44. The Hall–Kier alpha value is -2.04. The first-order chi connectivity index (χ1) is 9.34. The molecule has 1 aromatic carbocycles. The van der Waals surface area contributed by atoms with Gasteiger partial charge in [0.15, 0.2) is 0 Å². The second-order valence-corrected chi connectivity index (χ2v) is 5.10. The van der Waals surface area contributed by atoms with Crippen LogP contribution in [0.15, 0.2) is 18.2 Å². The molecule has 0 saturated heterocycles. The lowest BCUT2D eigenvalue weighted by atomic mass is 9.95. The van der Waals surface area contributed by atoms with Gasteiger partial charge in [-0.3, -0.25) is 4.79 Å². The van der Waals surface area contributed by atoms with Crippen LogP contribution in [0.25, 0.3) is 0 Å². The zero-order chi connectivity index (χ0) is 15.3. The van der Waals surface area contributed by atoms with E-state index < -0.39 is 11.5 Å². The van der Waals surface area contributed by atoms with Crippen molar-refractivity contribution in [1.29, 1.82) is 0 Å². The zero-order valence-corrected chi connectivity index (χ0v) is 12.4. The van der Waals surface area contributed by atoms with Gasteiger partial charge >= 0.3 is 5.97 Å². The average molecular weight is 278 g/mol. The van der Waals surface area contributed by atoms with Gasteiger partial charge in [-0.25, -0.2) is 4.79 Å². The molecular formula is C15H22N2O3. The van der Waals surface area contributed by atoms with E-state index in [1.54, 1.807) is 25.1 Å². The molecule has 1 aromatic rings. The summed E-state index contributed by atoms with van der Waals surface area (Å²) < 4.78 is 4.78. The highest BCUT2D eigenvalue weighted by molar-refractivity contribution is 5.99. The largest absolute Gasteiger partial charge is 0.467 e. The Morgan fingerprint density at radius 3 is 2.60 bits per heavy atom. The fourth-order valence-electron chi connectivity index (χ4n) is 2.14. The Balaban J connectivity index is 3.02. The number of amides is 1. The van der Waals surface area contributed by atoms with Gasteiger partial charge in [0.2, 0.25) is 0 Å². The number of benzene rings is 1. The molecule has 110 valence electrons. The van der Waals surface area contributed by atoms with Crippen LogP contribution in [0.2, 0.25) is 0 Å². The molecule has 0 spiro atoms. The van der Waals surface area contributed by atoms with Crippen molar-refractivity contribution in [3.63, 3.8) is 0 Å². The van der Waals surface area contributed by atoms with Crippen molar-refractivity contribution >= 4 is 17.6 Å². The first kappa shape index (κ1) is 16.0. The summed E-state index contributed by atoms with van der Waals surface area (Å²) in [6, 6.07) is 5.12. The van der Waals surface area contributed by atoms with Crippen LogP contribution < -0.4 is 11.1 Å². The van der Waals surface area contributed by atoms with Crippen LogP contribution in [0.3, 0.4) is 0 Å². The molecule has 1 atom stereocenters. The van der Waals surface area contributed by atoms with Crippen LogP contribution in [0, 0.1) is 6.92 Å². The van der Waals surface area contributed by atoms with E-state index in [1.165, 1.54) is 7.11 Å². The summed E-state index contributed by atoms with van der Waals surface area (Å²) in [5.41, 5.74) is 6.46. The molecule has 0 aliphatic rings. The van der Waals surface area contributed by atoms with E-state index in [9.17, 15) is 9.59 Å². The fourth-order valence-corrected chi connectivity index (χ4v) is 2.14. The highest BCUT2D eigenvalue weighted by Gasteiger charge is 2.35. The maximum Gasteiger partial charge on any atom is 0.331 e. The van der Waals surface area contributed by atoms with Crippen molar-refractivity contribution in [2.45, 2.75) is 39.2 Å². The van der Waals surface area contributed by atoms with Crippen LogP contribution in [0.1, 0.15) is 42.6 Å². The van der Waals surface area contributed by atoms with Crippen molar-refractivity contribution in [3.05, 3.63) is 29.3 Å². The minimum Gasteiger partial charge on any atom is -0.467 e.